The van der Waals surface area contributed by atoms with Gasteiger partial charge in [-0.2, -0.15) is 0 Å². The van der Waals surface area contributed by atoms with Crippen molar-refractivity contribution < 1.29 is 9.53 Å². The van der Waals surface area contributed by atoms with Crippen molar-refractivity contribution in [2.24, 2.45) is 0 Å². The van der Waals surface area contributed by atoms with Crippen LogP contribution in [0.4, 0.5) is 5.69 Å². The quantitative estimate of drug-likeness (QED) is 0.831. The van der Waals surface area contributed by atoms with Gasteiger partial charge in [-0.25, -0.2) is 0 Å². The number of hydrogen-bond donors (Lipinski definition) is 2. The van der Waals surface area contributed by atoms with Crippen molar-refractivity contribution in [3.8, 4) is 0 Å². The lowest BCUT2D eigenvalue weighted by molar-refractivity contribution is -0.124. The van der Waals surface area contributed by atoms with Gasteiger partial charge in [0.25, 0.3) is 5.91 Å². The second-order valence-corrected chi connectivity index (χ2v) is 4.27. The van der Waals surface area contributed by atoms with Crippen LogP contribution in [0, 0.1) is 0 Å². The fourth-order valence-electron chi connectivity index (χ4n) is 2.13. The van der Waals surface area contributed by atoms with Crippen LogP contribution < -0.4 is 5.32 Å². The first-order valence-electron chi connectivity index (χ1n) is 5.82. The van der Waals surface area contributed by atoms with E-state index >= 15 is 0 Å². The SMILES string of the molecule is O=C(Nc1ccc2cc[nH]c2c1)C1CCCO1. The van der Waals surface area contributed by atoms with Gasteiger partial charge in [-0.3, -0.25) is 4.79 Å². The number of hydrogen-bond acceptors (Lipinski definition) is 2. The zero-order valence-corrected chi connectivity index (χ0v) is 9.40. The Labute approximate surface area is 99.0 Å². The Bertz CT molecular complexity index is 541. The van der Waals surface area contributed by atoms with Crippen molar-refractivity contribution in [1.29, 1.82) is 0 Å². The molecule has 1 amide bonds. The summed E-state index contributed by atoms with van der Waals surface area (Å²) in [7, 11) is 0. The van der Waals surface area contributed by atoms with Gasteiger partial charge in [-0.05, 0) is 36.4 Å². The number of rotatable bonds is 2. The molecule has 4 nitrogen and oxygen atoms in total. The van der Waals surface area contributed by atoms with Gasteiger partial charge < -0.3 is 15.0 Å². The summed E-state index contributed by atoms with van der Waals surface area (Å²) in [6, 6.07) is 7.82. The van der Waals surface area contributed by atoms with Crippen molar-refractivity contribution in [1.82, 2.24) is 4.98 Å². The number of ether oxygens (including phenoxy) is 1. The van der Waals surface area contributed by atoms with E-state index in [0.717, 1.165) is 29.4 Å². The number of amides is 1. The molecule has 1 aliphatic rings. The Morgan fingerprint density at radius 1 is 1.41 bits per heavy atom. The molecule has 1 aliphatic heterocycles. The van der Waals surface area contributed by atoms with Gasteiger partial charge in [0.1, 0.15) is 6.10 Å². The van der Waals surface area contributed by atoms with Gasteiger partial charge >= 0.3 is 0 Å². The number of carbonyl (C=O) groups is 1. The molecule has 3 rings (SSSR count). The molecule has 1 unspecified atom stereocenters. The minimum Gasteiger partial charge on any atom is -0.368 e. The summed E-state index contributed by atoms with van der Waals surface area (Å²) >= 11 is 0. The molecular weight excluding hydrogens is 216 g/mol. The number of carbonyl (C=O) groups excluding carboxylic acids is 1. The zero-order chi connectivity index (χ0) is 11.7. The van der Waals surface area contributed by atoms with E-state index < -0.39 is 0 Å². The van der Waals surface area contributed by atoms with Gasteiger partial charge in [0.2, 0.25) is 0 Å². The average molecular weight is 230 g/mol. The average Bonchev–Trinajstić information content (AvgIpc) is 2.99. The fraction of sp³-hybridized carbons (Fsp3) is 0.308. The van der Waals surface area contributed by atoms with Crippen LogP contribution in [0.2, 0.25) is 0 Å². The lowest BCUT2D eigenvalue weighted by atomic mass is 10.2. The predicted octanol–water partition coefficient (Wildman–Crippen LogP) is 2.29. The van der Waals surface area contributed by atoms with Crippen LogP contribution in [0.3, 0.4) is 0 Å². The molecule has 0 saturated carbocycles. The maximum Gasteiger partial charge on any atom is 0.253 e. The second kappa shape index (κ2) is 4.22. The number of nitrogens with one attached hydrogen (secondary N) is 2. The van der Waals surface area contributed by atoms with Crippen LogP contribution in [0.15, 0.2) is 30.5 Å². The topological polar surface area (TPSA) is 54.1 Å². The third kappa shape index (κ3) is 2.03. The van der Waals surface area contributed by atoms with Crippen LogP contribution in [0.5, 0.6) is 0 Å². The normalized spacial score (nSPS) is 19.6. The Hall–Kier alpha value is -1.81. The maximum absolute atomic E-state index is 11.8. The number of H-pyrrole nitrogens is 1. The molecule has 4 heteroatoms. The Kier molecular flexibility index (Phi) is 2.57. The first-order valence-corrected chi connectivity index (χ1v) is 5.82. The van der Waals surface area contributed by atoms with E-state index in [0.29, 0.717) is 6.61 Å². The molecule has 1 atom stereocenters. The third-order valence-electron chi connectivity index (χ3n) is 3.04. The van der Waals surface area contributed by atoms with Crippen molar-refractivity contribution in [3.05, 3.63) is 30.5 Å². The number of fused-ring (bicyclic) bond motifs is 1. The summed E-state index contributed by atoms with van der Waals surface area (Å²) in [5.74, 6) is -0.0478. The smallest absolute Gasteiger partial charge is 0.253 e. The highest BCUT2D eigenvalue weighted by molar-refractivity contribution is 5.96. The number of anilines is 1. The molecule has 0 aliphatic carbocycles. The van der Waals surface area contributed by atoms with Crippen molar-refractivity contribution >= 4 is 22.5 Å². The monoisotopic (exact) mass is 230 g/mol. The molecule has 1 saturated heterocycles. The summed E-state index contributed by atoms with van der Waals surface area (Å²) in [5.41, 5.74) is 1.83. The van der Waals surface area contributed by atoms with Crippen molar-refractivity contribution in [3.63, 3.8) is 0 Å². The summed E-state index contributed by atoms with van der Waals surface area (Å²) < 4.78 is 5.34. The van der Waals surface area contributed by atoms with Crippen LogP contribution >= 0.6 is 0 Å². The molecule has 2 aromatic rings. The predicted molar refractivity (Wildman–Crippen MR) is 65.9 cm³/mol. The maximum atomic E-state index is 11.8. The van der Waals surface area contributed by atoms with Crippen molar-refractivity contribution in [2.45, 2.75) is 18.9 Å². The zero-order valence-electron chi connectivity index (χ0n) is 9.40. The standard InChI is InChI=1S/C13H14N2O2/c16-13(12-2-1-7-17-12)15-10-4-3-9-5-6-14-11(9)8-10/h3-6,8,12,14H,1-2,7H2,(H,15,16). The molecule has 17 heavy (non-hydrogen) atoms. The molecule has 0 spiro atoms. The highest BCUT2D eigenvalue weighted by Gasteiger charge is 2.23. The van der Waals surface area contributed by atoms with E-state index in [1.165, 1.54) is 0 Å². The molecule has 88 valence electrons. The van der Waals surface area contributed by atoms with Gasteiger partial charge in [-0.15, -0.1) is 0 Å². The lowest BCUT2D eigenvalue weighted by Gasteiger charge is -2.10. The lowest BCUT2D eigenvalue weighted by Crippen LogP contribution is -2.26. The van der Waals surface area contributed by atoms with Gasteiger partial charge in [-0.1, -0.05) is 6.07 Å². The van der Waals surface area contributed by atoms with Crippen LogP contribution in [0.1, 0.15) is 12.8 Å². The Balaban J connectivity index is 1.77. The summed E-state index contributed by atoms with van der Waals surface area (Å²) in [6.07, 6.45) is 3.38. The van der Waals surface area contributed by atoms with Gasteiger partial charge in [0.05, 0.1) is 0 Å². The minimum absolute atomic E-state index is 0.0478. The first-order chi connectivity index (χ1) is 8.33. The van der Waals surface area contributed by atoms with E-state index in [2.05, 4.69) is 10.3 Å². The molecule has 1 aromatic heterocycles. The van der Waals surface area contributed by atoms with Crippen molar-refractivity contribution in [2.75, 3.05) is 11.9 Å². The molecule has 1 aromatic carbocycles. The largest absolute Gasteiger partial charge is 0.368 e. The molecule has 0 radical (unpaired) electrons. The summed E-state index contributed by atoms with van der Waals surface area (Å²) in [6.45, 7) is 0.688. The fourth-order valence-corrected chi connectivity index (χ4v) is 2.13. The minimum atomic E-state index is -0.283. The van der Waals surface area contributed by atoms with Gasteiger partial charge in [0.15, 0.2) is 0 Å². The summed E-state index contributed by atoms with van der Waals surface area (Å²) in [4.78, 5) is 15.0. The second-order valence-electron chi connectivity index (χ2n) is 4.27. The number of benzene rings is 1. The summed E-state index contributed by atoms with van der Waals surface area (Å²) in [5, 5.41) is 4.02. The van der Waals surface area contributed by atoms with E-state index in [4.69, 9.17) is 4.74 Å². The Morgan fingerprint density at radius 2 is 2.35 bits per heavy atom. The van der Waals surface area contributed by atoms with Crippen LogP contribution in [-0.2, 0) is 9.53 Å². The molecule has 2 heterocycles. The highest BCUT2D eigenvalue weighted by Crippen LogP contribution is 2.19. The number of aromatic amines is 1. The van der Waals surface area contributed by atoms with Gasteiger partial charge in [0, 0.05) is 24.0 Å². The van der Waals surface area contributed by atoms with E-state index in [1.54, 1.807) is 0 Å². The first kappa shape index (κ1) is 10.4. The molecule has 2 N–H and O–H groups in total. The molecule has 1 fully saturated rings. The van der Waals surface area contributed by atoms with E-state index in [-0.39, 0.29) is 12.0 Å². The van der Waals surface area contributed by atoms with E-state index in [9.17, 15) is 4.79 Å². The molecule has 0 bridgehead atoms. The third-order valence-corrected chi connectivity index (χ3v) is 3.04. The Morgan fingerprint density at radius 3 is 3.18 bits per heavy atom. The van der Waals surface area contributed by atoms with Crippen LogP contribution in [0.25, 0.3) is 10.9 Å². The van der Waals surface area contributed by atoms with E-state index in [1.807, 2.05) is 30.5 Å². The highest BCUT2D eigenvalue weighted by atomic mass is 16.5. The molecular formula is C13H14N2O2. The number of aromatic nitrogens is 1. The van der Waals surface area contributed by atoms with Crippen LogP contribution in [-0.4, -0.2) is 23.6 Å².